The van der Waals surface area contributed by atoms with Crippen LogP contribution in [0.15, 0.2) is 38.9 Å². The van der Waals surface area contributed by atoms with E-state index in [-0.39, 0.29) is 5.92 Å². The molecule has 0 amide bonds. The number of hydrogen-bond acceptors (Lipinski definition) is 6. The number of aryl methyl sites for hydroxylation is 1. The van der Waals surface area contributed by atoms with Gasteiger partial charge in [0.15, 0.2) is 0 Å². The van der Waals surface area contributed by atoms with Gasteiger partial charge in [0.25, 0.3) is 0 Å². The quantitative estimate of drug-likeness (QED) is 0.888. The summed E-state index contributed by atoms with van der Waals surface area (Å²) >= 11 is 0. The Morgan fingerprint density at radius 2 is 2.40 bits per heavy atom. The van der Waals surface area contributed by atoms with Crippen molar-refractivity contribution in [3.8, 4) is 6.07 Å². The third-order valence-electron chi connectivity index (χ3n) is 3.40. The molecule has 20 heavy (non-hydrogen) atoms. The topological polar surface area (TPSA) is 101 Å². The Bertz CT molecular complexity index is 691. The van der Waals surface area contributed by atoms with Crippen LogP contribution in [-0.4, -0.2) is 5.16 Å². The van der Waals surface area contributed by atoms with Gasteiger partial charge in [-0.05, 0) is 12.5 Å². The fourth-order valence-corrected chi connectivity index (χ4v) is 2.52. The molecule has 3 rings (SSSR count). The Morgan fingerprint density at radius 3 is 3.05 bits per heavy atom. The first kappa shape index (κ1) is 12.4. The van der Waals surface area contributed by atoms with Gasteiger partial charge in [-0.1, -0.05) is 18.5 Å². The second-order valence-corrected chi connectivity index (χ2v) is 4.68. The van der Waals surface area contributed by atoms with Crippen molar-refractivity contribution in [3.63, 3.8) is 0 Å². The van der Waals surface area contributed by atoms with Crippen molar-refractivity contribution < 1.29 is 8.94 Å². The molecule has 1 aliphatic heterocycles. The molecule has 6 heteroatoms. The van der Waals surface area contributed by atoms with Gasteiger partial charge in [0.1, 0.15) is 5.82 Å². The first-order chi connectivity index (χ1) is 9.76. The van der Waals surface area contributed by atoms with E-state index in [1.54, 1.807) is 12.5 Å². The molecular weight excluding hydrogens is 256 g/mol. The Kier molecular flexibility index (Phi) is 2.95. The van der Waals surface area contributed by atoms with Gasteiger partial charge in [0, 0.05) is 5.56 Å². The summed E-state index contributed by atoms with van der Waals surface area (Å²) in [5.41, 5.74) is 8.96. The van der Waals surface area contributed by atoms with Crippen molar-refractivity contribution in [1.29, 1.82) is 5.26 Å². The maximum Gasteiger partial charge on any atom is 0.234 e. The van der Waals surface area contributed by atoms with Crippen molar-refractivity contribution in [2.45, 2.75) is 25.7 Å². The van der Waals surface area contributed by atoms with Gasteiger partial charge in [-0.25, -0.2) is 0 Å². The number of rotatable bonds is 3. The van der Waals surface area contributed by atoms with Crippen LogP contribution in [0.2, 0.25) is 0 Å². The number of anilines is 1. The second kappa shape index (κ2) is 4.78. The number of nitrogens with two attached hydrogens (primary N) is 1. The highest BCUT2D eigenvalue weighted by molar-refractivity contribution is 5.64. The zero-order chi connectivity index (χ0) is 14.1. The number of nitrogens with zero attached hydrogens (tertiary/aromatic N) is 2. The second-order valence-electron chi connectivity index (χ2n) is 4.68. The molecule has 0 fully saturated rings. The Hall–Kier alpha value is -2.68. The fraction of sp³-hybridized carbons (Fsp3) is 0.286. The molecule has 0 saturated carbocycles. The SMILES string of the molecule is CCCc1noc2c1[C@@H](c1ccoc1)C(C#N)=C(N)N2. The van der Waals surface area contributed by atoms with Gasteiger partial charge in [0.2, 0.25) is 5.88 Å². The molecule has 1 atom stereocenters. The average molecular weight is 270 g/mol. The molecule has 0 saturated heterocycles. The summed E-state index contributed by atoms with van der Waals surface area (Å²) in [6.07, 6.45) is 4.92. The number of allylic oxidation sites excluding steroid dienone is 1. The van der Waals surface area contributed by atoms with Gasteiger partial charge in [0.05, 0.1) is 41.3 Å². The number of nitriles is 1. The standard InChI is InChI=1S/C14H14N4O2/c1-2-3-10-12-11(8-4-5-19-7-8)9(6-15)13(16)17-14(12)20-18-10/h4-5,7,11,17H,2-3,16H2,1H3/t11-/m0/s1. The summed E-state index contributed by atoms with van der Waals surface area (Å²) in [6, 6.07) is 4.00. The molecule has 2 aromatic rings. The third kappa shape index (κ3) is 1.75. The minimum absolute atomic E-state index is 0.289. The molecule has 3 N–H and O–H groups in total. The number of fused-ring (bicyclic) bond motifs is 1. The van der Waals surface area contributed by atoms with Crippen molar-refractivity contribution in [1.82, 2.24) is 5.16 Å². The monoisotopic (exact) mass is 270 g/mol. The first-order valence-corrected chi connectivity index (χ1v) is 6.43. The highest BCUT2D eigenvalue weighted by Gasteiger charge is 2.35. The van der Waals surface area contributed by atoms with Crippen LogP contribution in [0.25, 0.3) is 0 Å². The van der Waals surface area contributed by atoms with E-state index in [0.29, 0.717) is 17.3 Å². The van der Waals surface area contributed by atoms with E-state index in [0.717, 1.165) is 29.7 Å². The molecular formula is C14H14N4O2. The van der Waals surface area contributed by atoms with Crippen molar-refractivity contribution in [2.75, 3.05) is 5.32 Å². The molecule has 1 aliphatic rings. The van der Waals surface area contributed by atoms with Gasteiger partial charge in [-0.3, -0.25) is 0 Å². The van der Waals surface area contributed by atoms with E-state index in [1.807, 2.05) is 6.07 Å². The molecule has 0 spiro atoms. The zero-order valence-corrected chi connectivity index (χ0v) is 11.0. The van der Waals surface area contributed by atoms with E-state index < -0.39 is 0 Å². The third-order valence-corrected chi connectivity index (χ3v) is 3.40. The van der Waals surface area contributed by atoms with Crippen LogP contribution in [0.1, 0.15) is 36.1 Å². The number of hydrogen-bond donors (Lipinski definition) is 2. The summed E-state index contributed by atoms with van der Waals surface area (Å²) in [5, 5.41) is 16.4. The summed E-state index contributed by atoms with van der Waals surface area (Å²) in [7, 11) is 0. The maximum absolute atomic E-state index is 9.41. The molecule has 0 bridgehead atoms. The van der Waals surface area contributed by atoms with Crippen LogP contribution in [-0.2, 0) is 6.42 Å². The lowest BCUT2D eigenvalue weighted by atomic mass is 9.84. The van der Waals surface area contributed by atoms with E-state index >= 15 is 0 Å². The lowest BCUT2D eigenvalue weighted by Crippen LogP contribution is -2.22. The summed E-state index contributed by atoms with van der Waals surface area (Å²) in [4.78, 5) is 0. The molecule has 3 heterocycles. The lowest BCUT2D eigenvalue weighted by molar-refractivity contribution is 0.424. The van der Waals surface area contributed by atoms with Crippen molar-refractivity contribution in [2.24, 2.45) is 5.73 Å². The van der Waals surface area contributed by atoms with Gasteiger partial charge in [-0.2, -0.15) is 5.26 Å². The zero-order valence-electron chi connectivity index (χ0n) is 11.0. The average Bonchev–Trinajstić information content (AvgIpc) is 3.08. The van der Waals surface area contributed by atoms with Gasteiger partial charge in [-0.15, -0.1) is 0 Å². The molecule has 0 aromatic carbocycles. The predicted molar refractivity (Wildman–Crippen MR) is 71.5 cm³/mol. The molecule has 0 unspecified atom stereocenters. The Labute approximate surface area is 115 Å². The molecule has 102 valence electrons. The van der Waals surface area contributed by atoms with Crippen LogP contribution in [0.5, 0.6) is 0 Å². The first-order valence-electron chi connectivity index (χ1n) is 6.43. The minimum atomic E-state index is -0.289. The number of nitrogens with one attached hydrogen (secondary N) is 1. The molecule has 6 nitrogen and oxygen atoms in total. The van der Waals surface area contributed by atoms with Crippen LogP contribution in [0.3, 0.4) is 0 Å². The smallest absolute Gasteiger partial charge is 0.234 e. The van der Waals surface area contributed by atoms with Crippen LogP contribution in [0, 0.1) is 11.3 Å². The van der Waals surface area contributed by atoms with Crippen molar-refractivity contribution >= 4 is 5.88 Å². The fourth-order valence-electron chi connectivity index (χ4n) is 2.52. The minimum Gasteiger partial charge on any atom is -0.472 e. The summed E-state index contributed by atoms with van der Waals surface area (Å²) in [6.45, 7) is 2.07. The van der Waals surface area contributed by atoms with E-state index in [9.17, 15) is 5.26 Å². The van der Waals surface area contributed by atoms with Crippen molar-refractivity contribution in [3.05, 3.63) is 46.8 Å². The maximum atomic E-state index is 9.41. The van der Waals surface area contributed by atoms with E-state index in [4.69, 9.17) is 14.7 Å². The molecule has 2 aromatic heterocycles. The van der Waals surface area contributed by atoms with Gasteiger partial charge >= 0.3 is 0 Å². The Morgan fingerprint density at radius 1 is 1.55 bits per heavy atom. The molecule has 0 radical (unpaired) electrons. The van der Waals surface area contributed by atoms with E-state index in [2.05, 4.69) is 23.5 Å². The van der Waals surface area contributed by atoms with Crippen LogP contribution >= 0.6 is 0 Å². The highest BCUT2D eigenvalue weighted by atomic mass is 16.5. The van der Waals surface area contributed by atoms with Crippen LogP contribution in [0.4, 0.5) is 5.88 Å². The van der Waals surface area contributed by atoms with Gasteiger partial charge < -0.3 is 20.0 Å². The van der Waals surface area contributed by atoms with E-state index in [1.165, 1.54) is 0 Å². The summed E-state index contributed by atoms with van der Waals surface area (Å²) in [5.74, 6) is 0.518. The number of aromatic nitrogens is 1. The predicted octanol–water partition coefficient (Wildman–Crippen LogP) is 2.47. The molecule has 0 aliphatic carbocycles. The number of furan rings is 1. The largest absolute Gasteiger partial charge is 0.472 e. The van der Waals surface area contributed by atoms with Crippen LogP contribution < -0.4 is 11.1 Å². The Balaban J connectivity index is 2.19. The lowest BCUT2D eigenvalue weighted by Gasteiger charge is -2.22. The highest BCUT2D eigenvalue weighted by Crippen LogP contribution is 2.42. The summed E-state index contributed by atoms with van der Waals surface area (Å²) < 4.78 is 10.5. The normalized spacial score (nSPS) is 17.5.